The molecule has 0 amide bonds. The standard InChI is InChI=1S/C17H34N2/c1-3-5-9-12-19-14-17(18-13-16(19)4-2)15-10-7-6-8-11-15/h15-18H,3-14H2,1-2H3. The van der Waals surface area contributed by atoms with E-state index in [0.717, 1.165) is 18.0 Å². The van der Waals surface area contributed by atoms with Crippen LogP contribution in [-0.2, 0) is 0 Å². The van der Waals surface area contributed by atoms with E-state index in [1.54, 1.807) is 0 Å². The Hall–Kier alpha value is -0.0800. The van der Waals surface area contributed by atoms with Gasteiger partial charge in [0.25, 0.3) is 0 Å². The van der Waals surface area contributed by atoms with Crippen molar-refractivity contribution in [2.75, 3.05) is 19.6 Å². The molecule has 0 aromatic carbocycles. The van der Waals surface area contributed by atoms with Gasteiger partial charge in [-0.3, -0.25) is 4.90 Å². The lowest BCUT2D eigenvalue weighted by atomic mass is 9.82. The van der Waals surface area contributed by atoms with Crippen LogP contribution in [0.5, 0.6) is 0 Å². The summed E-state index contributed by atoms with van der Waals surface area (Å²) < 4.78 is 0. The first-order valence-electron chi connectivity index (χ1n) is 8.82. The Balaban J connectivity index is 1.83. The molecule has 0 radical (unpaired) electrons. The maximum atomic E-state index is 3.87. The molecular formula is C17H34N2. The molecule has 0 spiro atoms. The highest BCUT2D eigenvalue weighted by Gasteiger charge is 2.31. The van der Waals surface area contributed by atoms with Crippen LogP contribution in [0.2, 0.25) is 0 Å². The molecule has 0 aromatic heterocycles. The molecule has 2 heteroatoms. The fraction of sp³-hybridized carbons (Fsp3) is 1.00. The number of rotatable bonds is 6. The van der Waals surface area contributed by atoms with Crippen LogP contribution >= 0.6 is 0 Å². The summed E-state index contributed by atoms with van der Waals surface area (Å²) in [5.74, 6) is 0.959. The minimum atomic E-state index is 0.782. The van der Waals surface area contributed by atoms with Gasteiger partial charge in [-0.1, -0.05) is 46.0 Å². The molecule has 1 N–H and O–H groups in total. The average Bonchev–Trinajstić information content (AvgIpc) is 2.48. The van der Waals surface area contributed by atoms with E-state index in [2.05, 4.69) is 24.1 Å². The molecule has 112 valence electrons. The quantitative estimate of drug-likeness (QED) is 0.736. The average molecular weight is 266 g/mol. The molecule has 19 heavy (non-hydrogen) atoms. The van der Waals surface area contributed by atoms with Crippen LogP contribution in [-0.4, -0.2) is 36.6 Å². The van der Waals surface area contributed by atoms with Crippen LogP contribution in [0.15, 0.2) is 0 Å². The van der Waals surface area contributed by atoms with Crippen molar-refractivity contribution in [3.05, 3.63) is 0 Å². The maximum absolute atomic E-state index is 3.87. The van der Waals surface area contributed by atoms with Crippen molar-refractivity contribution in [1.82, 2.24) is 10.2 Å². The lowest BCUT2D eigenvalue weighted by Gasteiger charge is -2.44. The molecule has 0 aromatic rings. The van der Waals surface area contributed by atoms with Crippen LogP contribution in [0, 0.1) is 5.92 Å². The van der Waals surface area contributed by atoms with Gasteiger partial charge in [-0.2, -0.15) is 0 Å². The second kappa shape index (κ2) is 8.26. The number of hydrogen-bond acceptors (Lipinski definition) is 2. The van der Waals surface area contributed by atoms with Crippen molar-refractivity contribution < 1.29 is 0 Å². The minimum Gasteiger partial charge on any atom is -0.311 e. The molecule has 1 aliphatic heterocycles. The van der Waals surface area contributed by atoms with Gasteiger partial charge in [0.15, 0.2) is 0 Å². The topological polar surface area (TPSA) is 15.3 Å². The van der Waals surface area contributed by atoms with Crippen LogP contribution < -0.4 is 5.32 Å². The van der Waals surface area contributed by atoms with E-state index in [1.807, 2.05) is 0 Å². The van der Waals surface area contributed by atoms with Crippen LogP contribution in [0.4, 0.5) is 0 Å². The van der Waals surface area contributed by atoms with Gasteiger partial charge in [-0.05, 0) is 38.1 Å². The fourth-order valence-corrected chi connectivity index (χ4v) is 3.98. The van der Waals surface area contributed by atoms with Crippen molar-refractivity contribution in [3.8, 4) is 0 Å². The molecule has 1 heterocycles. The third-order valence-electron chi connectivity index (χ3n) is 5.30. The molecule has 2 fully saturated rings. The zero-order chi connectivity index (χ0) is 13.5. The Morgan fingerprint density at radius 3 is 2.53 bits per heavy atom. The second-order valence-corrected chi connectivity index (χ2v) is 6.68. The van der Waals surface area contributed by atoms with Crippen molar-refractivity contribution in [2.24, 2.45) is 5.92 Å². The fourth-order valence-electron chi connectivity index (χ4n) is 3.98. The summed E-state index contributed by atoms with van der Waals surface area (Å²) >= 11 is 0. The second-order valence-electron chi connectivity index (χ2n) is 6.68. The predicted octanol–water partition coefficient (Wildman–Crippen LogP) is 3.81. The van der Waals surface area contributed by atoms with Gasteiger partial charge in [0.05, 0.1) is 0 Å². The Labute approximate surface area is 120 Å². The molecule has 1 saturated heterocycles. The van der Waals surface area contributed by atoms with E-state index in [4.69, 9.17) is 0 Å². The summed E-state index contributed by atoms with van der Waals surface area (Å²) in [4.78, 5) is 2.80. The highest BCUT2D eigenvalue weighted by atomic mass is 15.2. The molecular weight excluding hydrogens is 232 g/mol. The van der Waals surface area contributed by atoms with Gasteiger partial charge in [-0.15, -0.1) is 0 Å². The normalized spacial score (nSPS) is 30.6. The van der Waals surface area contributed by atoms with Crippen molar-refractivity contribution >= 4 is 0 Å². The number of unbranched alkanes of at least 4 members (excludes halogenated alkanes) is 2. The smallest absolute Gasteiger partial charge is 0.0224 e. The van der Waals surface area contributed by atoms with Crippen LogP contribution in [0.1, 0.15) is 71.6 Å². The summed E-state index contributed by atoms with van der Waals surface area (Å²) in [7, 11) is 0. The molecule has 2 atom stereocenters. The lowest BCUT2D eigenvalue weighted by Crippen LogP contribution is -2.58. The van der Waals surface area contributed by atoms with E-state index < -0.39 is 0 Å². The Bertz CT molecular complexity index is 235. The lowest BCUT2D eigenvalue weighted by molar-refractivity contribution is 0.0920. The minimum absolute atomic E-state index is 0.782. The third-order valence-corrected chi connectivity index (χ3v) is 5.30. The van der Waals surface area contributed by atoms with Crippen molar-refractivity contribution in [1.29, 1.82) is 0 Å². The third kappa shape index (κ3) is 4.46. The molecule has 2 aliphatic rings. The zero-order valence-corrected chi connectivity index (χ0v) is 13.2. The summed E-state index contributed by atoms with van der Waals surface area (Å²) in [5.41, 5.74) is 0. The summed E-state index contributed by atoms with van der Waals surface area (Å²) in [6, 6.07) is 1.57. The Kier molecular flexibility index (Phi) is 6.66. The number of nitrogens with one attached hydrogen (secondary N) is 1. The number of nitrogens with zero attached hydrogens (tertiary/aromatic N) is 1. The SMILES string of the molecule is CCCCCN1CC(C2CCCCC2)NCC1CC. The van der Waals surface area contributed by atoms with E-state index in [1.165, 1.54) is 77.4 Å². The van der Waals surface area contributed by atoms with Gasteiger partial charge in [0, 0.05) is 25.2 Å². The molecule has 1 saturated carbocycles. The summed E-state index contributed by atoms with van der Waals surface area (Å²) in [6.45, 7) is 8.52. The largest absolute Gasteiger partial charge is 0.311 e. The predicted molar refractivity (Wildman–Crippen MR) is 83.5 cm³/mol. The zero-order valence-electron chi connectivity index (χ0n) is 13.2. The van der Waals surface area contributed by atoms with Gasteiger partial charge in [0.1, 0.15) is 0 Å². The van der Waals surface area contributed by atoms with E-state index in [-0.39, 0.29) is 0 Å². The summed E-state index contributed by atoms with van der Waals surface area (Å²) in [6.07, 6.45) is 12.8. The van der Waals surface area contributed by atoms with E-state index >= 15 is 0 Å². The van der Waals surface area contributed by atoms with Crippen LogP contribution in [0.3, 0.4) is 0 Å². The maximum Gasteiger partial charge on any atom is 0.0224 e. The van der Waals surface area contributed by atoms with E-state index in [9.17, 15) is 0 Å². The molecule has 2 unspecified atom stereocenters. The van der Waals surface area contributed by atoms with Gasteiger partial charge >= 0.3 is 0 Å². The van der Waals surface area contributed by atoms with Gasteiger partial charge in [0.2, 0.25) is 0 Å². The highest BCUT2D eigenvalue weighted by molar-refractivity contribution is 4.90. The molecule has 2 rings (SSSR count). The van der Waals surface area contributed by atoms with Crippen molar-refractivity contribution in [2.45, 2.75) is 83.7 Å². The highest BCUT2D eigenvalue weighted by Crippen LogP contribution is 2.28. The monoisotopic (exact) mass is 266 g/mol. The van der Waals surface area contributed by atoms with Gasteiger partial charge < -0.3 is 5.32 Å². The number of piperazine rings is 1. The first kappa shape index (κ1) is 15.3. The molecule has 0 bridgehead atoms. The Morgan fingerprint density at radius 2 is 1.84 bits per heavy atom. The molecule has 2 nitrogen and oxygen atoms in total. The molecule has 1 aliphatic carbocycles. The summed E-state index contributed by atoms with van der Waals surface area (Å²) in [5, 5.41) is 3.87. The van der Waals surface area contributed by atoms with Gasteiger partial charge in [-0.25, -0.2) is 0 Å². The van der Waals surface area contributed by atoms with Crippen molar-refractivity contribution in [3.63, 3.8) is 0 Å². The van der Waals surface area contributed by atoms with Crippen LogP contribution in [0.25, 0.3) is 0 Å². The Morgan fingerprint density at radius 1 is 1.05 bits per heavy atom. The first-order valence-corrected chi connectivity index (χ1v) is 8.82. The van der Waals surface area contributed by atoms with E-state index in [0.29, 0.717) is 0 Å². The first-order chi connectivity index (χ1) is 9.35. The number of hydrogen-bond donors (Lipinski definition) is 1.